The number of aromatic nitrogens is 2. The number of fused-ring (bicyclic) bond motifs is 1. The van der Waals surface area contributed by atoms with E-state index in [1.54, 1.807) is 31.2 Å². The Morgan fingerprint density at radius 3 is 2.42 bits per heavy atom. The molecule has 1 aromatic carbocycles. The molecule has 2 aromatic rings. The van der Waals surface area contributed by atoms with E-state index >= 15 is 0 Å². The number of halogens is 4. The van der Waals surface area contributed by atoms with Gasteiger partial charge in [0.05, 0.1) is 12.2 Å². The Hall–Kier alpha value is -1.92. The lowest BCUT2D eigenvalue weighted by Gasteiger charge is -2.16. The van der Waals surface area contributed by atoms with E-state index in [4.69, 9.17) is 0 Å². The van der Waals surface area contributed by atoms with Crippen LogP contribution in [0.5, 0.6) is 0 Å². The molecule has 0 radical (unpaired) electrons. The van der Waals surface area contributed by atoms with Crippen molar-refractivity contribution < 1.29 is 17.6 Å². The molecule has 0 amide bonds. The molecule has 3 nitrogen and oxygen atoms in total. The zero-order valence-corrected chi connectivity index (χ0v) is 10.0. The van der Waals surface area contributed by atoms with E-state index in [1.165, 1.54) is 0 Å². The number of nitrogens with one attached hydrogen (secondary N) is 1. The van der Waals surface area contributed by atoms with Gasteiger partial charge in [-0.2, -0.15) is 13.9 Å². The van der Waals surface area contributed by atoms with Gasteiger partial charge in [0, 0.05) is 10.8 Å². The minimum atomic E-state index is -4.10. The van der Waals surface area contributed by atoms with Crippen LogP contribution >= 0.6 is 0 Å². The number of nitrogens with zero attached hydrogens (tertiary/aromatic N) is 2. The zero-order valence-electron chi connectivity index (χ0n) is 10.0. The van der Waals surface area contributed by atoms with Crippen LogP contribution in [0.1, 0.15) is 5.69 Å². The standard InChI is InChI=1S/C12H11F4N3/c1-7-8-4-2-3-5-9(8)10(19-18-7)17-6-12(15,16)11(13)14/h2-5,11H,6H2,1H3,(H,17,19). The second-order valence-corrected chi connectivity index (χ2v) is 4.09. The normalized spacial score (nSPS) is 12.1. The van der Waals surface area contributed by atoms with E-state index in [-0.39, 0.29) is 5.82 Å². The Morgan fingerprint density at radius 2 is 1.79 bits per heavy atom. The van der Waals surface area contributed by atoms with E-state index < -0.39 is 18.9 Å². The van der Waals surface area contributed by atoms with E-state index in [0.717, 1.165) is 5.39 Å². The van der Waals surface area contributed by atoms with Gasteiger partial charge in [-0.3, -0.25) is 0 Å². The monoisotopic (exact) mass is 273 g/mol. The van der Waals surface area contributed by atoms with Crippen LogP contribution in [0.2, 0.25) is 0 Å². The number of alkyl halides is 4. The molecule has 0 saturated heterocycles. The summed E-state index contributed by atoms with van der Waals surface area (Å²) < 4.78 is 49.8. The van der Waals surface area contributed by atoms with Crippen molar-refractivity contribution in [3.05, 3.63) is 30.0 Å². The summed E-state index contributed by atoms with van der Waals surface area (Å²) in [7, 11) is 0. The topological polar surface area (TPSA) is 37.8 Å². The number of benzene rings is 1. The molecular formula is C12H11F4N3. The summed E-state index contributed by atoms with van der Waals surface area (Å²) in [5, 5.41) is 11.1. The molecule has 7 heteroatoms. The number of hydrogen-bond donors (Lipinski definition) is 1. The first-order valence-corrected chi connectivity index (χ1v) is 5.53. The second-order valence-electron chi connectivity index (χ2n) is 4.09. The third kappa shape index (κ3) is 2.74. The van der Waals surface area contributed by atoms with Crippen molar-refractivity contribution in [3.63, 3.8) is 0 Å². The molecule has 0 aliphatic heterocycles. The first kappa shape index (κ1) is 13.5. The highest BCUT2D eigenvalue weighted by Crippen LogP contribution is 2.26. The molecule has 0 aliphatic rings. The molecule has 1 aromatic heterocycles. The zero-order chi connectivity index (χ0) is 14.0. The molecule has 0 unspecified atom stereocenters. The summed E-state index contributed by atoms with van der Waals surface area (Å²) in [4.78, 5) is 0. The van der Waals surface area contributed by atoms with E-state index in [2.05, 4.69) is 15.5 Å². The predicted molar refractivity (Wildman–Crippen MR) is 63.7 cm³/mol. The Bertz CT molecular complexity index is 586. The highest BCUT2D eigenvalue weighted by molar-refractivity contribution is 5.92. The quantitative estimate of drug-likeness (QED) is 0.869. The van der Waals surface area contributed by atoms with Crippen LogP contribution < -0.4 is 5.32 Å². The fourth-order valence-corrected chi connectivity index (χ4v) is 1.65. The number of hydrogen-bond acceptors (Lipinski definition) is 3. The highest BCUT2D eigenvalue weighted by atomic mass is 19.3. The first-order chi connectivity index (χ1) is 8.92. The number of anilines is 1. The smallest absolute Gasteiger partial charge is 0.324 e. The molecule has 0 bridgehead atoms. The van der Waals surface area contributed by atoms with Crippen LogP contribution in [-0.4, -0.2) is 29.1 Å². The van der Waals surface area contributed by atoms with Crippen molar-refractivity contribution >= 4 is 16.6 Å². The summed E-state index contributed by atoms with van der Waals surface area (Å²) in [6, 6.07) is 6.91. The third-order valence-electron chi connectivity index (χ3n) is 2.68. The molecule has 19 heavy (non-hydrogen) atoms. The molecule has 0 atom stereocenters. The van der Waals surface area contributed by atoms with Crippen LogP contribution in [-0.2, 0) is 0 Å². The molecule has 1 heterocycles. The van der Waals surface area contributed by atoms with Crippen LogP contribution in [0.15, 0.2) is 24.3 Å². The van der Waals surface area contributed by atoms with Crippen molar-refractivity contribution in [2.45, 2.75) is 19.3 Å². The van der Waals surface area contributed by atoms with E-state index in [1.807, 2.05) is 0 Å². The van der Waals surface area contributed by atoms with Crippen LogP contribution in [0.3, 0.4) is 0 Å². The van der Waals surface area contributed by atoms with Gasteiger partial charge in [-0.05, 0) is 6.92 Å². The van der Waals surface area contributed by atoms with E-state index in [9.17, 15) is 17.6 Å². The molecule has 1 N–H and O–H groups in total. The predicted octanol–water partition coefficient (Wildman–Crippen LogP) is 3.25. The summed E-state index contributed by atoms with van der Waals surface area (Å²) in [5.41, 5.74) is 0.641. The first-order valence-electron chi connectivity index (χ1n) is 5.53. The molecule has 0 saturated carbocycles. The lowest BCUT2D eigenvalue weighted by molar-refractivity contribution is -0.117. The summed E-state index contributed by atoms with van der Waals surface area (Å²) >= 11 is 0. The Kier molecular flexibility index (Phi) is 3.55. The molecule has 0 fully saturated rings. The maximum atomic E-state index is 12.9. The number of rotatable bonds is 4. The average Bonchev–Trinajstić information content (AvgIpc) is 2.38. The molecule has 0 spiro atoms. The number of aryl methyl sites for hydroxylation is 1. The highest BCUT2D eigenvalue weighted by Gasteiger charge is 2.40. The van der Waals surface area contributed by atoms with Crippen LogP contribution in [0.4, 0.5) is 23.4 Å². The SMILES string of the molecule is Cc1nnc(NCC(F)(F)C(F)F)c2ccccc12. The van der Waals surface area contributed by atoms with Crippen molar-refractivity contribution in [2.75, 3.05) is 11.9 Å². The Morgan fingerprint density at radius 1 is 1.16 bits per heavy atom. The molecule has 0 aliphatic carbocycles. The minimum absolute atomic E-state index is 0.0709. The second kappa shape index (κ2) is 4.99. The molecule has 102 valence electrons. The van der Waals surface area contributed by atoms with Gasteiger partial charge in [-0.25, -0.2) is 8.78 Å². The van der Waals surface area contributed by atoms with Crippen LogP contribution in [0.25, 0.3) is 10.8 Å². The Labute approximate surface area is 106 Å². The van der Waals surface area contributed by atoms with Gasteiger partial charge in [0.15, 0.2) is 5.82 Å². The van der Waals surface area contributed by atoms with Gasteiger partial charge >= 0.3 is 12.3 Å². The van der Waals surface area contributed by atoms with Crippen molar-refractivity contribution in [1.82, 2.24) is 10.2 Å². The van der Waals surface area contributed by atoms with Crippen molar-refractivity contribution in [2.24, 2.45) is 0 Å². The lowest BCUT2D eigenvalue weighted by atomic mass is 10.1. The Balaban J connectivity index is 2.29. The van der Waals surface area contributed by atoms with Crippen LogP contribution in [0, 0.1) is 6.92 Å². The van der Waals surface area contributed by atoms with Gasteiger partial charge in [0.2, 0.25) is 0 Å². The fraction of sp³-hybridized carbons (Fsp3) is 0.333. The molecular weight excluding hydrogens is 262 g/mol. The van der Waals surface area contributed by atoms with Gasteiger partial charge in [0.25, 0.3) is 0 Å². The maximum absolute atomic E-state index is 12.9. The third-order valence-corrected chi connectivity index (χ3v) is 2.68. The van der Waals surface area contributed by atoms with Crippen molar-refractivity contribution in [1.29, 1.82) is 0 Å². The lowest BCUT2D eigenvalue weighted by Crippen LogP contribution is -2.35. The minimum Gasteiger partial charge on any atom is -0.362 e. The summed E-state index contributed by atoms with van der Waals surface area (Å²) in [6.45, 7) is 0.541. The van der Waals surface area contributed by atoms with Gasteiger partial charge in [-0.1, -0.05) is 24.3 Å². The largest absolute Gasteiger partial charge is 0.362 e. The van der Waals surface area contributed by atoms with E-state index in [0.29, 0.717) is 11.1 Å². The van der Waals surface area contributed by atoms with Gasteiger partial charge in [0.1, 0.15) is 0 Å². The van der Waals surface area contributed by atoms with Gasteiger partial charge in [-0.15, -0.1) is 5.10 Å². The maximum Gasteiger partial charge on any atom is 0.324 e. The molecule has 2 rings (SSSR count). The summed E-state index contributed by atoms with van der Waals surface area (Å²) in [6.07, 6.45) is -3.72. The van der Waals surface area contributed by atoms with Gasteiger partial charge < -0.3 is 5.32 Å². The van der Waals surface area contributed by atoms with Crippen molar-refractivity contribution in [3.8, 4) is 0 Å². The average molecular weight is 273 g/mol. The summed E-state index contributed by atoms with van der Waals surface area (Å²) in [5.74, 6) is -4.03. The fourth-order valence-electron chi connectivity index (χ4n) is 1.65.